The van der Waals surface area contributed by atoms with Crippen molar-refractivity contribution < 1.29 is 14.6 Å². The maximum absolute atomic E-state index is 11.7. The van der Waals surface area contributed by atoms with Crippen LogP contribution in [0.2, 0.25) is 0 Å². The Morgan fingerprint density at radius 2 is 2.12 bits per heavy atom. The van der Waals surface area contributed by atoms with Gasteiger partial charge in [-0.05, 0) is 0 Å². The van der Waals surface area contributed by atoms with Crippen molar-refractivity contribution in [3.8, 4) is 18.2 Å². The Hall–Kier alpha value is -3.24. The first kappa shape index (κ1) is 15.7. The molecule has 24 heavy (non-hydrogen) atoms. The van der Waals surface area contributed by atoms with E-state index in [4.69, 9.17) is 16.2 Å². The van der Waals surface area contributed by atoms with Crippen molar-refractivity contribution >= 4 is 29.8 Å². The molecule has 6 nitrogen and oxygen atoms in total. The zero-order valence-corrected chi connectivity index (χ0v) is 12.6. The number of aliphatic hydroxyl groups excluding tert-OH is 1. The number of carbonyl (C=O) groups is 1. The summed E-state index contributed by atoms with van der Waals surface area (Å²) in [5, 5.41) is 14.2. The van der Waals surface area contributed by atoms with Crippen LogP contribution in [0.4, 0.5) is 5.82 Å². The molecule has 0 aliphatic carbocycles. The van der Waals surface area contributed by atoms with Gasteiger partial charge in [-0.25, -0.2) is 0 Å². The number of para-hydroxylation sites is 1. The summed E-state index contributed by atoms with van der Waals surface area (Å²) in [5.41, 5.74) is 1.76. The Morgan fingerprint density at radius 1 is 1.33 bits per heavy atom. The number of terminal acetylenes is 1. The van der Waals surface area contributed by atoms with Crippen LogP contribution < -0.4 is 0 Å². The third-order valence-electron chi connectivity index (χ3n) is 3.41. The SMILES string of the molecule is C#CO/B=N/c1c2ccc(C(=O)CO)cc2nn1-c1ccccc1. The zero-order valence-electron chi connectivity index (χ0n) is 12.6. The molecular formula is C17H12BN3O3. The summed E-state index contributed by atoms with van der Waals surface area (Å²) in [4.78, 5) is 15.9. The Labute approximate surface area is 138 Å². The molecule has 0 atom stereocenters. The molecule has 0 amide bonds. The molecule has 0 unspecified atom stereocenters. The average molecular weight is 317 g/mol. The zero-order chi connectivity index (χ0) is 16.9. The molecule has 0 radical (unpaired) electrons. The minimum absolute atomic E-state index is 0.369. The molecule has 1 N–H and O–H groups in total. The molecule has 3 rings (SSSR count). The summed E-state index contributed by atoms with van der Waals surface area (Å²) < 4.78 is 6.37. The van der Waals surface area contributed by atoms with Crippen LogP contribution in [0.25, 0.3) is 16.6 Å². The summed E-state index contributed by atoms with van der Waals surface area (Å²) in [7, 11) is 1.16. The number of benzene rings is 2. The van der Waals surface area contributed by atoms with Gasteiger partial charge in [0.15, 0.2) is 0 Å². The molecule has 7 heteroatoms. The Morgan fingerprint density at radius 3 is 2.83 bits per heavy atom. The van der Waals surface area contributed by atoms with E-state index in [-0.39, 0.29) is 5.78 Å². The van der Waals surface area contributed by atoms with Crippen molar-refractivity contribution in [3.05, 3.63) is 54.1 Å². The van der Waals surface area contributed by atoms with Crippen LogP contribution in [0.15, 0.2) is 53.4 Å². The van der Waals surface area contributed by atoms with Gasteiger partial charge in [0.25, 0.3) is 0 Å². The predicted octanol–water partition coefficient (Wildman–Crippen LogP) is 2.24. The maximum atomic E-state index is 11.7. The van der Waals surface area contributed by atoms with Gasteiger partial charge in [0.2, 0.25) is 0 Å². The van der Waals surface area contributed by atoms with Gasteiger partial charge in [-0.2, -0.15) is 0 Å². The van der Waals surface area contributed by atoms with Crippen LogP contribution in [-0.2, 0) is 4.65 Å². The first-order chi connectivity index (χ1) is 11.7. The Bertz CT molecular complexity index is 958. The molecule has 0 aliphatic heterocycles. The van der Waals surface area contributed by atoms with Crippen molar-refractivity contribution in [2.24, 2.45) is 4.90 Å². The molecule has 116 valence electrons. The number of Topliss-reactive ketones (excluding diaryl/α,β-unsaturated/α-hetero) is 1. The Balaban J connectivity index is 2.19. The quantitative estimate of drug-likeness (QED) is 0.445. The number of hydrogen-bond acceptors (Lipinski definition) is 5. The number of fused-ring (bicyclic) bond motifs is 1. The van der Waals surface area contributed by atoms with Crippen molar-refractivity contribution in [2.75, 3.05) is 6.61 Å². The van der Waals surface area contributed by atoms with Crippen LogP contribution in [0, 0.1) is 12.5 Å². The normalized spacial score (nSPS) is 10.5. The molecule has 0 fully saturated rings. The number of ketones is 1. The summed E-state index contributed by atoms with van der Waals surface area (Å²) in [6.45, 7) is -0.550. The topological polar surface area (TPSA) is 76.7 Å². The number of rotatable bonds is 5. The van der Waals surface area contributed by atoms with E-state index in [0.29, 0.717) is 16.9 Å². The average Bonchev–Trinajstić information content (AvgIpc) is 3.00. The Kier molecular flexibility index (Phi) is 4.50. The first-order valence-corrected chi connectivity index (χ1v) is 7.10. The molecule has 0 saturated carbocycles. The van der Waals surface area contributed by atoms with Crippen LogP contribution >= 0.6 is 0 Å². The summed E-state index contributed by atoms with van der Waals surface area (Å²) >= 11 is 0. The second-order valence-corrected chi connectivity index (χ2v) is 4.85. The van der Waals surface area contributed by atoms with Crippen LogP contribution in [0.5, 0.6) is 0 Å². The standard InChI is InChI=1S/C17H12BN3O3/c1-2-24-18-19-17-14-9-8-12(16(23)11-22)10-15(14)20-21(17)13-6-4-3-5-7-13/h1,3-10,22H,11H2. The molecule has 1 heterocycles. The van der Waals surface area contributed by atoms with Crippen LogP contribution in [-0.4, -0.2) is 34.6 Å². The number of carbonyl (C=O) groups excluding carboxylic acids is 1. The second-order valence-electron chi connectivity index (χ2n) is 4.85. The van der Waals surface area contributed by atoms with Gasteiger partial charge < -0.3 is 0 Å². The number of nitrogens with zero attached hydrogens (tertiary/aromatic N) is 3. The minimum atomic E-state index is -0.550. The van der Waals surface area contributed by atoms with E-state index in [0.717, 1.165) is 18.3 Å². The van der Waals surface area contributed by atoms with Crippen molar-refractivity contribution in [2.45, 2.75) is 0 Å². The number of aliphatic hydroxyl groups is 1. The molecule has 0 saturated heterocycles. The van der Waals surface area contributed by atoms with Gasteiger partial charge in [-0.1, -0.05) is 0 Å². The molecule has 3 aromatic rings. The van der Waals surface area contributed by atoms with Crippen molar-refractivity contribution in [1.82, 2.24) is 9.78 Å². The third kappa shape index (κ3) is 2.96. The summed E-state index contributed by atoms with van der Waals surface area (Å²) in [6, 6.07) is 14.4. The van der Waals surface area contributed by atoms with Gasteiger partial charge in [0.05, 0.1) is 0 Å². The van der Waals surface area contributed by atoms with Gasteiger partial charge in [-0.15, -0.1) is 0 Å². The molecule has 0 bridgehead atoms. The van der Waals surface area contributed by atoms with E-state index < -0.39 is 6.61 Å². The fourth-order valence-electron chi connectivity index (χ4n) is 2.32. The van der Waals surface area contributed by atoms with Gasteiger partial charge in [0, 0.05) is 0 Å². The van der Waals surface area contributed by atoms with Gasteiger partial charge >= 0.3 is 138 Å². The van der Waals surface area contributed by atoms with E-state index in [1.165, 1.54) is 0 Å². The predicted molar refractivity (Wildman–Crippen MR) is 90.2 cm³/mol. The van der Waals surface area contributed by atoms with Crippen LogP contribution in [0.3, 0.4) is 0 Å². The number of aromatic nitrogens is 2. The first-order valence-electron chi connectivity index (χ1n) is 7.10. The second kappa shape index (κ2) is 6.90. The molecule has 1 aromatic heterocycles. The number of hydrogen-bond donors (Lipinski definition) is 1. The van der Waals surface area contributed by atoms with E-state index in [1.54, 1.807) is 22.9 Å². The summed E-state index contributed by atoms with van der Waals surface area (Å²) in [6.07, 6.45) is 7.07. The van der Waals surface area contributed by atoms with E-state index in [9.17, 15) is 4.79 Å². The monoisotopic (exact) mass is 317 g/mol. The molecule has 2 aromatic carbocycles. The van der Waals surface area contributed by atoms with E-state index >= 15 is 0 Å². The third-order valence-corrected chi connectivity index (χ3v) is 3.41. The van der Waals surface area contributed by atoms with Gasteiger partial charge in [0.1, 0.15) is 0 Å². The van der Waals surface area contributed by atoms with Crippen LogP contribution in [0.1, 0.15) is 10.4 Å². The molecule has 0 aliphatic rings. The van der Waals surface area contributed by atoms with E-state index in [2.05, 4.69) is 9.99 Å². The fourth-order valence-corrected chi connectivity index (χ4v) is 2.32. The van der Waals surface area contributed by atoms with Gasteiger partial charge in [-0.3, -0.25) is 0 Å². The molecular weight excluding hydrogens is 305 g/mol. The fraction of sp³-hybridized carbons (Fsp3) is 0.0588. The van der Waals surface area contributed by atoms with Crippen molar-refractivity contribution in [1.29, 1.82) is 0 Å². The van der Waals surface area contributed by atoms with Crippen molar-refractivity contribution in [3.63, 3.8) is 0 Å². The molecule has 0 spiro atoms. The van der Waals surface area contributed by atoms with E-state index in [1.807, 2.05) is 36.4 Å². The summed E-state index contributed by atoms with van der Waals surface area (Å²) in [5.74, 6) is 0.154.